The zero-order valence-electron chi connectivity index (χ0n) is 13.0. The van der Waals surface area contributed by atoms with Gasteiger partial charge in [-0.25, -0.2) is 22.7 Å². The molecule has 24 heavy (non-hydrogen) atoms. The molecular formula is C16H15BrFNO4S. The van der Waals surface area contributed by atoms with E-state index in [2.05, 4.69) is 15.9 Å². The molecule has 0 saturated carbocycles. The van der Waals surface area contributed by atoms with Gasteiger partial charge < -0.3 is 4.74 Å². The molecule has 128 valence electrons. The van der Waals surface area contributed by atoms with Crippen LogP contribution in [0.4, 0.5) is 4.39 Å². The van der Waals surface area contributed by atoms with E-state index in [4.69, 9.17) is 9.88 Å². The largest absolute Gasteiger partial charge is 0.457 e. The molecule has 0 saturated heterocycles. The summed E-state index contributed by atoms with van der Waals surface area (Å²) in [5, 5.41) is 5.17. The number of carbonyl (C=O) groups is 1. The first-order valence-electron chi connectivity index (χ1n) is 6.84. The fraction of sp³-hybridized carbons (Fsp3) is 0.188. The summed E-state index contributed by atoms with van der Waals surface area (Å²) in [6, 6.07) is 6.73. The number of sulfonamides is 1. The summed E-state index contributed by atoms with van der Waals surface area (Å²) in [6.45, 7) is 3.20. The lowest BCUT2D eigenvalue weighted by Gasteiger charge is -2.11. The van der Waals surface area contributed by atoms with E-state index in [1.165, 1.54) is 30.3 Å². The molecule has 2 aromatic rings. The molecule has 2 N–H and O–H groups in total. The van der Waals surface area contributed by atoms with Gasteiger partial charge in [0.1, 0.15) is 12.4 Å². The smallest absolute Gasteiger partial charge is 0.338 e. The molecule has 8 heteroatoms. The molecule has 0 heterocycles. The van der Waals surface area contributed by atoms with Crippen LogP contribution >= 0.6 is 15.9 Å². The first-order valence-corrected chi connectivity index (χ1v) is 9.18. The van der Waals surface area contributed by atoms with Gasteiger partial charge in [0, 0.05) is 10.0 Å². The third-order valence-electron chi connectivity index (χ3n) is 3.54. The number of halogens is 2. The minimum Gasteiger partial charge on any atom is -0.457 e. The van der Waals surface area contributed by atoms with Crippen LogP contribution in [0, 0.1) is 19.7 Å². The Hall–Kier alpha value is -1.77. The van der Waals surface area contributed by atoms with Gasteiger partial charge in [-0.05, 0) is 49.2 Å². The molecule has 0 atom stereocenters. The molecule has 0 bridgehead atoms. The maximum atomic E-state index is 13.0. The minimum atomic E-state index is -3.95. The summed E-state index contributed by atoms with van der Waals surface area (Å²) < 4.78 is 41.9. The highest BCUT2D eigenvalue weighted by molar-refractivity contribution is 9.10. The summed E-state index contributed by atoms with van der Waals surface area (Å²) in [5.41, 5.74) is 1.76. The van der Waals surface area contributed by atoms with E-state index in [0.29, 0.717) is 21.2 Å². The van der Waals surface area contributed by atoms with E-state index in [1.807, 2.05) is 0 Å². The van der Waals surface area contributed by atoms with Crippen LogP contribution in [0.15, 0.2) is 39.7 Å². The molecule has 0 amide bonds. The maximum Gasteiger partial charge on any atom is 0.338 e. The molecule has 0 aliphatic heterocycles. The first kappa shape index (κ1) is 18.6. The van der Waals surface area contributed by atoms with Crippen LogP contribution in [0.5, 0.6) is 0 Å². The van der Waals surface area contributed by atoms with Crippen molar-refractivity contribution < 1.29 is 22.3 Å². The number of nitrogens with two attached hydrogens (primary N) is 1. The molecule has 0 spiro atoms. The zero-order valence-corrected chi connectivity index (χ0v) is 15.4. The Morgan fingerprint density at radius 1 is 1.25 bits per heavy atom. The molecule has 0 unspecified atom stereocenters. The van der Waals surface area contributed by atoms with Crippen LogP contribution in [0.25, 0.3) is 0 Å². The van der Waals surface area contributed by atoms with Gasteiger partial charge in [0.25, 0.3) is 0 Å². The third-order valence-corrected chi connectivity index (χ3v) is 5.31. The number of primary sulfonamides is 1. The fourth-order valence-electron chi connectivity index (χ4n) is 2.11. The highest BCUT2D eigenvalue weighted by Gasteiger charge is 2.18. The lowest BCUT2D eigenvalue weighted by Crippen LogP contribution is -2.16. The Labute approximate surface area is 147 Å². The van der Waals surface area contributed by atoms with Crippen LogP contribution < -0.4 is 5.14 Å². The lowest BCUT2D eigenvalue weighted by molar-refractivity contribution is 0.0471. The highest BCUT2D eigenvalue weighted by Crippen LogP contribution is 2.22. The monoisotopic (exact) mass is 415 g/mol. The van der Waals surface area contributed by atoms with E-state index in [-0.39, 0.29) is 17.1 Å². The molecule has 2 rings (SSSR count). The number of hydrogen-bond donors (Lipinski definition) is 1. The normalized spacial score (nSPS) is 11.4. The summed E-state index contributed by atoms with van der Waals surface area (Å²) in [7, 11) is -3.95. The Balaban J connectivity index is 2.26. The maximum absolute atomic E-state index is 13.0. The average Bonchev–Trinajstić information content (AvgIpc) is 2.47. The van der Waals surface area contributed by atoms with Crippen molar-refractivity contribution in [1.82, 2.24) is 0 Å². The molecule has 0 aromatic heterocycles. The Morgan fingerprint density at radius 3 is 2.50 bits per heavy atom. The SMILES string of the molecule is Cc1cc(C(=O)OCc2ccc(F)cc2Br)cc(S(N)(=O)=O)c1C. The second kappa shape index (κ2) is 7.00. The average molecular weight is 416 g/mol. The molecule has 0 aliphatic rings. The summed E-state index contributed by atoms with van der Waals surface area (Å²) in [6.07, 6.45) is 0. The summed E-state index contributed by atoms with van der Waals surface area (Å²) in [5.74, 6) is -1.11. The topological polar surface area (TPSA) is 86.5 Å². The number of hydrogen-bond acceptors (Lipinski definition) is 4. The van der Waals surface area contributed by atoms with Crippen molar-refractivity contribution in [2.45, 2.75) is 25.3 Å². The quantitative estimate of drug-likeness (QED) is 0.776. The van der Waals surface area contributed by atoms with Crippen LogP contribution in [0.3, 0.4) is 0 Å². The molecule has 0 fully saturated rings. The number of aryl methyl sites for hydroxylation is 1. The van der Waals surface area contributed by atoms with Crippen molar-refractivity contribution in [1.29, 1.82) is 0 Å². The standard InChI is InChI=1S/C16H15BrFNO4S/c1-9-5-12(6-15(10(9)2)24(19,21)22)16(20)23-8-11-3-4-13(18)7-14(11)17/h3-7H,8H2,1-2H3,(H2,19,21,22). The Morgan fingerprint density at radius 2 is 1.92 bits per heavy atom. The number of ether oxygens (including phenoxy) is 1. The lowest BCUT2D eigenvalue weighted by atomic mass is 10.1. The second-order valence-electron chi connectivity index (χ2n) is 5.27. The Bertz CT molecular complexity index is 913. The summed E-state index contributed by atoms with van der Waals surface area (Å²) >= 11 is 3.19. The Kier molecular flexibility index (Phi) is 5.42. The van der Waals surface area contributed by atoms with Gasteiger partial charge in [0.05, 0.1) is 10.5 Å². The van der Waals surface area contributed by atoms with E-state index in [0.717, 1.165) is 0 Å². The number of carbonyl (C=O) groups excluding carboxylic acids is 1. The minimum absolute atomic E-state index is 0.0837. The highest BCUT2D eigenvalue weighted by atomic mass is 79.9. The van der Waals surface area contributed by atoms with Crippen LogP contribution in [-0.2, 0) is 21.4 Å². The van der Waals surface area contributed by atoms with Gasteiger partial charge in [-0.1, -0.05) is 22.0 Å². The number of esters is 1. The second-order valence-corrected chi connectivity index (χ2v) is 7.66. The van der Waals surface area contributed by atoms with Gasteiger partial charge in [0.15, 0.2) is 0 Å². The predicted octanol–water partition coefficient (Wildman–Crippen LogP) is 3.21. The molecule has 0 aliphatic carbocycles. The van der Waals surface area contributed by atoms with Crippen LogP contribution in [-0.4, -0.2) is 14.4 Å². The molecule has 0 radical (unpaired) electrons. The fourth-order valence-corrected chi connectivity index (χ4v) is 3.45. The van der Waals surface area contributed by atoms with Crippen molar-refractivity contribution in [2.24, 2.45) is 5.14 Å². The van der Waals surface area contributed by atoms with Gasteiger partial charge in [0.2, 0.25) is 10.0 Å². The molecular weight excluding hydrogens is 401 g/mol. The first-order chi connectivity index (χ1) is 11.1. The predicted molar refractivity (Wildman–Crippen MR) is 90.5 cm³/mol. The van der Waals surface area contributed by atoms with E-state index >= 15 is 0 Å². The molecule has 5 nitrogen and oxygen atoms in total. The summed E-state index contributed by atoms with van der Waals surface area (Å²) in [4.78, 5) is 12.1. The zero-order chi connectivity index (χ0) is 18.1. The van der Waals surface area contributed by atoms with Gasteiger partial charge in [-0.15, -0.1) is 0 Å². The third kappa shape index (κ3) is 4.19. The van der Waals surface area contributed by atoms with Gasteiger partial charge in [-0.3, -0.25) is 0 Å². The van der Waals surface area contributed by atoms with Crippen LogP contribution in [0.2, 0.25) is 0 Å². The van der Waals surface area contributed by atoms with Crippen molar-refractivity contribution in [2.75, 3.05) is 0 Å². The van der Waals surface area contributed by atoms with Crippen LogP contribution in [0.1, 0.15) is 27.0 Å². The van der Waals surface area contributed by atoms with Gasteiger partial charge in [-0.2, -0.15) is 0 Å². The number of benzene rings is 2. The van der Waals surface area contributed by atoms with Crippen molar-refractivity contribution in [3.8, 4) is 0 Å². The van der Waals surface area contributed by atoms with Gasteiger partial charge >= 0.3 is 5.97 Å². The molecule has 2 aromatic carbocycles. The van der Waals surface area contributed by atoms with E-state index < -0.39 is 21.8 Å². The number of rotatable bonds is 4. The van der Waals surface area contributed by atoms with Crippen molar-refractivity contribution >= 4 is 31.9 Å². The van der Waals surface area contributed by atoms with E-state index in [9.17, 15) is 17.6 Å². The van der Waals surface area contributed by atoms with Crippen molar-refractivity contribution in [3.05, 3.63) is 62.9 Å². The van der Waals surface area contributed by atoms with Crippen molar-refractivity contribution in [3.63, 3.8) is 0 Å². The van der Waals surface area contributed by atoms with E-state index in [1.54, 1.807) is 13.8 Å².